The molecule has 0 radical (unpaired) electrons. The SMILES string of the molecule is O=Cc1ccc(N2CCCCCCC2)o1. The summed E-state index contributed by atoms with van der Waals surface area (Å²) in [6, 6.07) is 3.63. The van der Waals surface area contributed by atoms with Gasteiger partial charge in [-0.3, -0.25) is 4.79 Å². The van der Waals surface area contributed by atoms with Crippen molar-refractivity contribution in [1.29, 1.82) is 0 Å². The van der Waals surface area contributed by atoms with Gasteiger partial charge in [-0.2, -0.15) is 0 Å². The first-order chi connectivity index (χ1) is 7.40. The number of hydrogen-bond donors (Lipinski definition) is 0. The van der Waals surface area contributed by atoms with Crippen LogP contribution in [0.3, 0.4) is 0 Å². The van der Waals surface area contributed by atoms with Gasteiger partial charge in [-0.1, -0.05) is 19.3 Å². The first-order valence-electron chi connectivity index (χ1n) is 5.70. The van der Waals surface area contributed by atoms with Crippen molar-refractivity contribution >= 4 is 12.2 Å². The van der Waals surface area contributed by atoms with E-state index in [1.54, 1.807) is 6.07 Å². The molecule has 0 saturated carbocycles. The van der Waals surface area contributed by atoms with Crippen molar-refractivity contribution in [2.45, 2.75) is 32.1 Å². The number of aldehydes is 1. The third kappa shape index (κ3) is 2.61. The molecule has 15 heavy (non-hydrogen) atoms. The monoisotopic (exact) mass is 207 g/mol. The van der Waals surface area contributed by atoms with Crippen molar-refractivity contribution in [2.75, 3.05) is 18.0 Å². The number of furan rings is 1. The van der Waals surface area contributed by atoms with Gasteiger partial charge < -0.3 is 9.32 Å². The third-order valence-electron chi connectivity index (χ3n) is 2.90. The Morgan fingerprint density at radius 2 is 1.73 bits per heavy atom. The van der Waals surface area contributed by atoms with Crippen molar-refractivity contribution in [2.24, 2.45) is 0 Å². The van der Waals surface area contributed by atoms with Crippen LogP contribution in [0.5, 0.6) is 0 Å². The molecular formula is C12H17NO2. The van der Waals surface area contributed by atoms with Gasteiger partial charge >= 0.3 is 0 Å². The summed E-state index contributed by atoms with van der Waals surface area (Å²) in [7, 11) is 0. The molecular weight excluding hydrogens is 190 g/mol. The average molecular weight is 207 g/mol. The number of anilines is 1. The maximum Gasteiger partial charge on any atom is 0.196 e. The van der Waals surface area contributed by atoms with E-state index in [-0.39, 0.29) is 0 Å². The maximum absolute atomic E-state index is 10.5. The molecule has 0 N–H and O–H groups in total. The standard InChI is InChI=1S/C12H17NO2/c14-10-11-6-7-12(15-11)13-8-4-2-1-3-5-9-13/h6-7,10H,1-5,8-9H2. The average Bonchev–Trinajstić information content (AvgIpc) is 2.65. The summed E-state index contributed by atoms with van der Waals surface area (Å²) < 4.78 is 5.43. The van der Waals surface area contributed by atoms with Crippen LogP contribution >= 0.6 is 0 Å². The van der Waals surface area contributed by atoms with E-state index in [0.717, 1.165) is 25.3 Å². The van der Waals surface area contributed by atoms with E-state index < -0.39 is 0 Å². The van der Waals surface area contributed by atoms with Gasteiger partial charge in [-0.05, 0) is 18.9 Å². The molecule has 1 aliphatic heterocycles. The zero-order valence-corrected chi connectivity index (χ0v) is 8.95. The third-order valence-corrected chi connectivity index (χ3v) is 2.90. The fourth-order valence-corrected chi connectivity index (χ4v) is 2.04. The van der Waals surface area contributed by atoms with Gasteiger partial charge in [-0.25, -0.2) is 0 Å². The lowest BCUT2D eigenvalue weighted by molar-refractivity contribution is 0.110. The van der Waals surface area contributed by atoms with Crippen LogP contribution in [0.25, 0.3) is 0 Å². The molecule has 2 rings (SSSR count). The molecule has 2 heterocycles. The van der Waals surface area contributed by atoms with Gasteiger partial charge in [0.15, 0.2) is 17.9 Å². The molecule has 1 aromatic heterocycles. The Hall–Kier alpha value is -1.25. The quantitative estimate of drug-likeness (QED) is 0.699. The number of hydrogen-bond acceptors (Lipinski definition) is 3. The highest BCUT2D eigenvalue weighted by atomic mass is 16.4. The minimum atomic E-state index is 0.423. The molecule has 0 aromatic carbocycles. The van der Waals surface area contributed by atoms with Crippen molar-refractivity contribution in [3.8, 4) is 0 Å². The van der Waals surface area contributed by atoms with Crippen LogP contribution in [-0.2, 0) is 0 Å². The minimum Gasteiger partial charge on any atom is -0.438 e. The van der Waals surface area contributed by atoms with Crippen molar-refractivity contribution in [1.82, 2.24) is 0 Å². The molecule has 1 saturated heterocycles. The second kappa shape index (κ2) is 5.01. The summed E-state index contributed by atoms with van der Waals surface area (Å²) >= 11 is 0. The molecule has 0 amide bonds. The second-order valence-corrected chi connectivity index (χ2v) is 4.05. The van der Waals surface area contributed by atoms with E-state index in [1.165, 1.54) is 32.1 Å². The zero-order chi connectivity index (χ0) is 10.5. The van der Waals surface area contributed by atoms with Crippen LogP contribution in [0, 0.1) is 0 Å². The molecule has 3 heteroatoms. The van der Waals surface area contributed by atoms with Gasteiger partial charge in [0.25, 0.3) is 0 Å². The minimum absolute atomic E-state index is 0.423. The van der Waals surface area contributed by atoms with Crippen LogP contribution in [0.1, 0.15) is 42.7 Å². The molecule has 0 spiro atoms. The zero-order valence-electron chi connectivity index (χ0n) is 8.95. The van der Waals surface area contributed by atoms with E-state index in [4.69, 9.17) is 4.42 Å². The number of rotatable bonds is 2. The van der Waals surface area contributed by atoms with Crippen LogP contribution in [0.4, 0.5) is 5.88 Å². The predicted molar refractivity (Wildman–Crippen MR) is 59.4 cm³/mol. The Balaban J connectivity index is 2.03. The number of carbonyl (C=O) groups excluding carboxylic acids is 1. The van der Waals surface area contributed by atoms with Crippen molar-refractivity contribution < 1.29 is 9.21 Å². The molecule has 0 atom stereocenters. The highest BCUT2D eigenvalue weighted by Crippen LogP contribution is 2.21. The van der Waals surface area contributed by atoms with Gasteiger partial charge in [0.05, 0.1) is 0 Å². The fourth-order valence-electron chi connectivity index (χ4n) is 2.04. The first kappa shape index (κ1) is 10.3. The lowest BCUT2D eigenvalue weighted by Gasteiger charge is -2.23. The fraction of sp³-hybridized carbons (Fsp3) is 0.583. The van der Waals surface area contributed by atoms with Crippen LogP contribution in [0.15, 0.2) is 16.5 Å². The van der Waals surface area contributed by atoms with E-state index in [1.807, 2.05) is 6.07 Å². The Bertz CT molecular complexity index is 311. The summed E-state index contributed by atoms with van der Waals surface area (Å²) in [5.74, 6) is 1.27. The summed E-state index contributed by atoms with van der Waals surface area (Å²) in [6.07, 6.45) is 7.16. The molecule has 82 valence electrons. The molecule has 3 nitrogen and oxygen atoms in total. The van der Waals surface area contributed by atoms with Crippen LogP contribution in [0.2, 0.25) is 0 Å². The predicted octanol–water partition coefficient (Wildman–Crippen LogP) is 2.86. The lowest BCUT2D eigenvalue weighted by Crippen LogP contribution is -2.26. The van der Waals surface area contributed by atoms with Crippen molar-refractivity contribution in [3.63, 3.8) is 0 Å². The highest BCUT2D eigenvalue weighted by Gasteiger charge is 2.12. The molecule has 1 aliphatic rings. The normalized spacial score (nSPS) is 18.3. The Morgan fingerprint density at radius 1 is 1.07 bits per heavy atom. The van der Waals surface area contributed by atoms with E-state index in [9.17, 15) is 4.79 Å². The molecule has 0 bridgehead atoms. The van der Waals surface area contributed by atoms with Gasteiger partial charge in [0, 0.05) is 19.2 Å². The first-order valence-corrected chi connectivity index (χ1v) is 5.70. The summed E-state index contributed by atoms with van der Waals surface area (Å²) in [4.78, 5) is 12.8. The smallest absolute Gasteiger partial charge is 0.196 e. The van der Waals surface area contributed by atoms with E-state index in [0.29, 0.717) is 5.76 Å². The van der Waals surface area contributed by atoms with Crippen LogP contribution < -0.4 is 4.90 Å². The number of nitrogens with zero attached hydrogens (tertiary/aromatic N) is 1. The molecule has 0 aliphatic carbocycles. The lowest BCUT2D eigenvalue weighted by atomic mass is 10.1. The summed E-state index contributed by atoms with van der Waals surface area (Å²) in [5.41, 5.74) is 0. The molecule has 1 fully saturated rings. The van der Waals surface area contributed by atoms with Crippen LogP contribution in [-0.4, -0.2) is 19.4 Å². The second-order valence-electron chi connectivity index (χ2n) is 4.05. The Labute approximate surface area is 90.1 Å². The van der Waals surface area contributed by atoms with Gasteiger partial charge in [0.2, 0.25) is 0 Å². The van der Waals surface area contributed by atoms with Gasteiger partial charge in [-0.15, -0.1) is 0 Å². The highest BCUT2D eigenvalue weighted by molar-refractivity contribution is 5.71. The molecule has 0 unspecified atom stereocenters. The Morgan fingerprint density at radius 3 is 2.33 bits per heavy atom. The maximum atomic E-state index is 10.5. The summed E-state index contributed by atoms with van der Waals surface area (Å²) in [6.45, 7) is 2.09. The van der Waals surface area contributed by atoms with Gasteiger partial charge in [0.1, 0.15) is 0 Å². The Kier molecular flexibility index (Phi) is 3.43. The molecule has 1 aromatic rings. The van der Waals surface area contributed by atoms with E-state index >= 15 is 0 Å². The largest absolute Gasteiger partial charge is 0.438 e. The van der Waals surface area contributed by atoms with Crippen molar-refractivity contribution in [3.05, 3.63) is 17.9 Å². The number of carbonyl (C=O) groups is 1. The summed E-state index contributed by atoms with van der Waals surface area (Å²) in [5, 5.41) is 0. The van der Waals surface area contributed by atoms with E-state index in [2.05, 4.69) is 4.90 Å². The topological polar surface area (TPSA) is 33.5 Å².